The Morgan fingerprint density at radius 1 is 1.36 bits per heavy atom. The van der Waals surface area contributed by atoms with Crippen molar-refractivity contribution >= 4 is 27.2 Å². The number of rotatable bonds is 4. The van der Waals surface area contributed by atoms with Gasteiger partial charge in [0.05, 0.1) is 15.9 Å². The van der Waals surface area contributed by atoms with Gasteiger partial charge in [0.1, 0.15) is 17.8 Å². The lowest BCUT2D eigenvalue weighted by Crippen LogP contribution is -2.09. The first-order valence-corrected chi connectivity index (χ1v) is 9.05. The first kappa shape index (κ1) is 16.0. The zero-order chi connectivity index (χ0) is 17.4. The normalized spacial score (nSPS) is 16.6. The Hall–Kier alpha value is -2.54. The quantitative estimate of drug-likeness (QED) is 0.515. The van der Waals surface area contributed by atoms with E-state index in [0.717, 1.165) is 29.5 Å². The van der Waals surface area contributed by atoms with Crippen molar-refractivity contribution < 1.29 is 9.66 Å². The first-order chi connectivity index (χ1) is 12.1. The fourth-order valence-corrected chi connectivity index (χ4v) is 4.65. The van der Waals surface area contributed by atoms with E-state index in [1.165, 1.54) is 22.8 Å². The van der Waals surface area contributed by atoms with E-state index in [0.29, 0.717) is 17.4 Å². The van der Waals surface area contributed by atoms with Gasteiger partial charge in [0, 0.05) is 10.9 Å². The minimum Gasteiger partial charge on any atom is -0.472 e. The van der Waals surface area contributed by atoms with Crippen molar-refractivity contribution in [3.8, 4) is 5.88 Å². The van der Waals surface area contributed by atoms with Crippen LogP contribution in [0.2, 0.25) is 0 Å². The molecule has 2 aromatic heterocycles. The monoisotopic (exact) mass is 355 g/mol. The molecule has 0 bridgehead atoms. The van der Waals surface area contributed by atoms with Crippen LogP contribution in [-0.2, 0) is 19.4 Å². The highest BCUT2D eigenvalue weighted by Gasteiger charge is 2.24. The smallest absolute Gasteiger partial charge is 0.276 e. The summed E-state index contributed by atoms with van der Waals surface area (Å²) in [6.45, 7) is 2.38. The summed E-state index contributed by atoms with van der Waals surface area (Å²) in [5, 5.41) is 12.1. The number of nitro benzene ring substituents is 1. The van der Waals surface area contributed by atoms with E-state index in [9.17, 15) is 10.1 Å². The third-order valence-electron chi connectivity index (χ3n) is 4.61. The highest BCUT2D eigenvalue weighted by Crippen LogP contribution is 2.40. The number of ether oxygens (including phenoxy) is 1. The largest absolute Gasteiger partial charge is 0.472 e. The number of aromatic nitrogens is 2. The molecule has 0 saturated heterocycles. The molecule has 1 aliphatic carbocycles. The number of nitro groups is 1. The van der Waals surface area contributed by atoms with Gasteiger partial charge in [-0.05, 0) is 36.8 Å². The molecule has 0 amide bonds. The number of aryl methyl sites for hydroxylation is 1. The summed E-state index contributed by atoms with van der Waals surface area (Å²) in [4.78, 5) is 21.8. The second-order valence-corrected chi connectivity index (χ2v) is 7.47. The summed E-state index contributed by atoms with van der Waals surface area (Å²) in [7, 11) is 0. The third kappa shape index (κ3) is 2.95. The Balaban J connectivity index is 1.68. The van der Waals surface area contributed by atoms with Crippen molar-refractivity contribution in [1.29, 1.82) is 0 Å². The molecular weight excluding hydrogens is 338 g/mol. The minimum atomic E-state index is -0.387. The van der Waals surface area contributed by atoms with Crippen molar-refractivity contribution in [1.82, 2.24) is 9.97 Å². The topological polar surface area (TPSA) is 78.2 Å². The predicted octanol–water partition coefficient (Wildman–Crippen LogP) is 4.30. The number of thiophene rings is 1. The van der Waals surface area contributed by atoms with Crippen molar-refractivity contribution in [2.45, 2.75) is 32.8 Å². The van der Waals surface area contributed by atoms with Crippen molar-refractivity contribution in [3.63, 3.8) is 0 Å². The van der Waals surface area contributed by atoms with Crippen LogP contribution < -0.4 is 4.74 Å². The summed E-state index contributed by atoms with van der Waals surface area (Å²) in [6.07, 6.45) is 4.73. The van der Waals surface area contributed by atoms with Gasteiger partial charge in [-0.25, -0.2) is 9.97 Å². The summed E-state index contributed by atoms with van der Waals surface area (Å²) >= 11 is 1.71. The molecule has 3 aromatic rings. The molecule has 4 rings (SSSR count). The standard InChI is InChI=1S/C18H17N3O3S/c1-11-6-7-13-15(8-11)25-18-16(13)17(19-10-20-18)24-9-12-4-2-3-5-14(12)21(22)23/h2-5,10-11H,6-9H2,1H3. The number of hydrogen-bond donors (Lipinski definition) is 0. The summed E-state index contributed by atoms with van der Waals surface area (Å²) in [5.74, 6) is 1.21. The average molecular weight is 355 g/mol. The van der Waals surface area contributed by atoms with Gasteiger partial charge in [-0.2, -0.15) is 0 Å². The fourth-order valence-electron chi connectivity index (χ4n) is 3.31. The molecule has 1 aromatic carbocycles. The van der Waals surface area contributed by atoms with Gasteiger partial charge in [-0.3, -0.25) is 10.1 Å². The molecule has 7 heteroatoms. The van der Waals surface area contributed by atoms with E-state index >= 15 is 0 Å². The summed E-state index contributed by atoms with van der Waals surface area (Å²) in [6, 6.07) is 6.62. The second kappa shape index (κ2) is 6.40. The van der Waals surface area contributed by atoms with E-state index < -0.39 is 0 Å². The molecule has 0 radical (unpaired) electrons. The van der Waals surface area contributed by atoms with Crippen LogP contribution in [0.3, 0.4) is 0 Å². The molecule has 0 saturated carbocycles. The van der Waals surface area contributed by atoms with Gasteiger partial charge in [-0.1, -0.05) is 19.1 Å². The Bertz CT molecular complexity index is 954. The van der Waals surface area contributed by atoms with E-state index in [-0.39, 0.29) is 17.2 Å². The zero-order valence-electron chi connectivity index (χ0n) is 13.8. The molecular formula is C18H17N3O3S. The number of benzene rings is 1. The third-order valence-corrected chi connectivity index (χ3v) is 5.77. The van der Waals surface area contributed by atoms with Crippen LogP contribution in [0.15, 0.2) is 30.6 Å². The maximum atomic E-state index is 11.2. The van der Waals surface area contributed by atoms with Gasteiger partial charge in [0.2, 0.25) is 5.88 Å². The highest BCUT2D eigenvalue weighted by atomic mass is 32.1. The molecule has 1 aliphatic rings. The molecule has 6 nitrogen and oxygen atoms in total. The lowest BCUT2D eigenvalue weighted by molar-refractivity contribution is -0.385. The Labute approximate surface area is 148 Å². The maximum Gasteiger partial charge on any atom is 0.276 e. The van der Waals surface area contributed by atoms with Crippen LogP contribution in [0.25, 0.3) is 10.2 Å². The van der Waals surface area contributed by atoms with E-state index in [1.54, 1.807) is 29.5 Å². The maximum absolute atomic E-state index is 11.2. The van der Waals surface area contributed by atoms with Crippen molar-refractivity contribution in [2.24, 2.45) is 5.92 Å². The summed E-state index contributed by atoms with van der Waals surface area (Å²) in [5.41, 5.74) is 1.89. The van der Waals surface area contributed by atoms with Gasteiger partial charge in [0.25, 0.3) is 5.69 Å². The SMILES string of the molecule is CC1CCc2c(sc3ncnc(OCc4ccccc4[N+](=O)[O-])c23)C1. The number of hydrogen-bond acceptors (Lipinski definition) is 6. The Morgan fingerprint density at radius 3 is 3.04 bits per heavy atom. The molecule has 1 atom stereocenters. The minimum absolute atomic E-state index is 0.0639. The van der Waals surface area contributed by atoms with Gasteiger partial charge in [0.15, 0.2) is 0 Å². The fraction of sp³-hybridized carbons (Fsp3) is 0.333. The van der Waals surface area contributed by atoms with Crippen LogP contribution in [0.5, 0.6) is 5.88 Å². The number of nitrogens with zero attached hydrogens (tertiary/aromatic N) is 3. The lowest BCUT2D eigenvalue weighted by Gasteiger charge is -2.18. The molecule has 0 fully saturated rings. The predicted molar refractivity (Wildman–Crippen MR) is 96.0 cm³/mol. The number of fused-ring (bicyclic) bond motifs is 3. The van der Waals surface area contributed by atoms with Gasteiger partial charge < -0.3 is 4.74 Å². The first-order valence-electron chi connectivity index (χ1n) is 8.24. The molecule has 0 aliphatic heterocycles. The van der Waals surface area contributed by atoms with E-state index in [2.05, 4.69) is 16.9 Å². The van der Waals surface area contributed by atoms with Crippen LogP contribution in [0.1, 0.15) is 29.3 Å². The van der Waals surface area contributed by atoms with E-state index in [1.807, 2.05) is 0 Å². The highest BCUT2D eigenvalue weighted by molar-refractivity contribution is 7.18. The average Bonchev–Trinajstić information content (AvgIpc) is 2.98. The molecule has 1 unspecified atom stereocenters. The molecule has 25 heavy (non-hydrogen) atoms. The molecule has 128 valence electrons. The summed E-state index contributed by atoms with van der Waals surface area (Å²) < 4.78 is 5.90. The van der Waals surface area contributed by atoms with Crippen molar-refractivity contribution in [2.75, 3.05) is 0 Å². The molecule has 0 spiro atoms. The van der Waals surface area contributed by atoms with Crippen LogP contribution in [-0.4, -0.2) is 14.9 Å². The van der Waals surface area contributed by atoms with Crippen LogP contribution >= 0.6 is 11.3 Å². The Kier molecular flexibility index (Phi) is 4.09. The van der Waals surface area contributed by atoms with Crippen molar-refractivity contribution in [3.05, 3.63) is 56.7 Å². The zero-order valence-corrected chi connectivity index (χ0v) is 14.6. The second-order valence-electron chi connectivity index (χ2n) is 6.39. The number of para-hydroxylation sites is 1. The van der Waals surface area contributed by atoms with Crippen LogP contribution in [0, 0.1) is 16.0 Å². The lowest BCUT2D eigenvalue weighted by atomic mass is 9.89. The van der Waals surface area contributed by atoms with Gasteiger partial charge in [-0.15, -0.1) is 11.3 Å². The van der Waals surface area contributed by atoms with Crippen LogP contribution in [0.4, 0.5) is 5.69 Å². The van der Waals surface area contributed by atoms with Gasteiger partial charge >= 0.3 is 0 Å². The Morgan fingerprint density at radius 2 is 2.20 bits per heavy atom. The molecule has 2 heterocycles. The van der Waals surface area contributed by atoms with E-state index in [4.69, 9.17) is 4.74 Å². The molecule has 0 N–H and O–H groups in total.